The number of halogens is 6. The molecule has 0 fully saturated rings. The fourth-order valence-corrected chi connectivity index (χ4v) is 3.95. The lowest BCUT2D eigenvalue weighted by Gasteiger charge is -2.17. The Labute approximate surface area is 198 Å². The van der Waals surface area contributed by atoms with Crippen molar-refractivity contribution in [1.29, 1.82) is 0 Å². The summed E-state index contributed by atoms with van der Waals surface area (Å²) in [7, 11) is 0. The van der Waals surface area contributed by atoms with Gasteiger partial charge in [0.15, 0.2) is 0 Å². The lowest BCUT2D eigenvalue weighted by molar-refractivity contribution is -0.174. The molecule has 3 N–H and O–H groups in total. The second-order valence-corrected chi connectivity index (χ2v) is 8.26. The predicted molar refractivity (Wildman–Crippen MR) is 115 cm³/mol. The number of hydrogen-bond acceptors (Lipinski definition) is 5. The number of hydrogen-bond donors (Lipinski definition) is 3. The van der Waals surface area contributed by atoms with Crippen LogP contribution in [0, 0.1) is 18.6 Å². The van der Waals surface area contributed by atoms with E-state index in [-0.39, 0.29) is 27.4 Å². The lowest BCUT2D eigenvalue weighted by atomic mass is 10.00. The third-order valence-electron chi connectivity index (χ3n) is 4.37. The molecule has 1 aromatic carbocycles. The molecule has 0 aliphatic carbocycles. The number of aryl methyl sites for hydroxylation is 1. The molecule has 7 nitrogen and oxygen atoms in total. The molecule has 3 aromatic rings. The third kappa shape index (κ3) is 5.78. The fourth-order valence-electron chi connectivity index (χ4n) is 2.89. The first-order chi connectivity index (χ1) is 15.9. The van der Waals surface area contributed by atoms with Gasteiger partial charge in [-0.3, -0.25) is 15.2 Å². The van der Waals surface area contributed by atoms with Gasteiger partial charge in [-0.2, -0.15) is 13.2 Å². The van der Waals surface area contributed by atoms with E-state index < -0.39 is 35.8 Å². The van der Waals surface area contributed by atoms with Gasteiger partial charge >= 0.3 is 18.1 Å². The number of amides is 3. The number of aromatic nitrogens is 2. The Morgan fingerprint density at radius 1 is 1.12 bits per heavy atom. The summed E-state index contributed by atoms with van der Waals surface area (Å²) in [6, 6.07) is 1.27. The van der Waals surface area contributed by atoms with Crippen LogP contribution in [0.25, 0.3) is 21.7 Å². The Morgan fingerprint density at radius 2 is 1.82 bits per heavy atom. The highest BCUT2D eigenvalue weighted by atomic mass is 35.5. The number of carbonyl (C=O) groups excluding carboxylic acids is 2. The molecule has 0 saturated heterocycles. The van der Waals surface area contributed by atoms with Crippen molar-refractivity contribution in [2.24, 2.45) is 0 Å². The van der Waals surface area contributed by atoms with E-state index in [0.29, 0.717) is 10.7 Å². The monoisotopic (exact) mass is 519 g/mol. The molecule has 0 bridgehead atoms. The van der Waals surface area contributed by atoms with Crippen LogP contribution in [0.1, 0.15) is 24.4 Å². The molecule has 3 amide bonds. The molecule has 34 heavy (non-hydrogen) atoms. The van der Waals surface area contributed by atoms with Gasteiger partial charge in [-0.15, -0.1) is 11.3 Å². The second-order valence-electron chi connectivity index (χ2n) is 6.97. The molecule has 180 valence electrons. The van der Waals surface area contributed by atoms with Crippen molar-refractivity contribution < 1.29 is 31.5 Å². The van der Waals surface area contributed by atoms with Gasteiger partial charge < -0.3 is 5.32 Å². The maximum absolute atomic E-state index is 14.9. The molecule has 0 radical (unpaired) electrons. The zero-order valence-electron chi connectivity index (χ0n) is 17.4. The van der Waals surface area contributed by atoms with Crippen molar-refractivity contribution in [3.63, 3.8) is 0 Å². The van der Waals surface area contributed by atoms with Gasteiger partial charge in [0.2, 0.25) is 0 Å². The van der Waals surface area contributed by atoms with E-state index >= 15 is 0 Å². The quantitative estimate of drug-likeness (QED) is 0.331. The van der Waals surface area contributed by atoms with E-state index in [1.807, 2.05) is 0 Å². The maximum atomic E-state index is 14.9. The summed E-state index contributed by atoms with van der Waals surface area (Å²) in [5.41, 5.74) is 3.62. The van der Waals surface area contributed by atoms with Gasteiger partial charge in [-0.1, -0.05) is 11.6 Å². The number of urea groups is 1. The van der Waals surface area contributed by atoms with Gasteiger partial charge in [0.25, 0.3) is 0 Å². The van der Waals surface area contributed by atoms with Gasteiger partial charge in [0.1, 0.15) is 16.6 Å². The van der Waals surface area contributed by atoms with Crippen molar-refractivity contribution in [2.75, 3.05) is 0 Å². The van der Waals surface area contributed by atoms with Gasteiger partial charge in [-0.25, -0.2) is 24.0 Å². The van der Waals surface area contributed by atoms with E-state index in [1.165, 1.54) is 41.4 Å². The Hall–Kier alpha value is -3.32. The van der Waals surface area contributed by atoms with Crippen LogP contribution in [0.5, 0.6) is 0 Å². The smallest absolute Gasteiger partial charge is 0.329 e. The number of rotatable bonds is 4. The zero-order chi connectivity index (χ0) is 25.2. The average Bonchev–Trinajstić information content (AvgIpc) is 3.16. The number of nitrogens with zero attached hydrogens (tertiary/aromatic N) is 2. The summed E-state index contributed by atoms with van der Waals surface area (Å²) >= 11 is 7.19. The van der Waals surface area contributed by atoms with Gasteiger partial charge in [0, 0.05) is 27.9 Å². The molecule has 3 rings (SSSR count). The number of thiazole rings is 1. The van der Waals surface area contributed by atoms with Crippen molar-refractivity contribution >= 4 is 34.9 Å². The summed E-state index contributed by atoms with van der Waals surface area (Å²) < 4.78 is 66.1. The number of pyridine rings is 1. The number of carbonyl (C=O) groups is 2. The van der Waals surface area contributed by atoms with Crippen LogP contribution >= 0.6 is 22.9 Å². The molecular weight excluding hydrogens is 505 g/mol. The molecule has 0 spiro atoms. The standard InChI is InChI=1S/C20H15ClF5N5O2S/c1-8-7-34-17(28-8)15-12(4-11(21)5-13(15)22)10-3-14(23)16(27-6-10)9(2)29-19(33)31-30-18(32)20(24,25)26/h3-7,9H,1-2H3,(H,30,32)(H2,29,31,33). The molecule has 2 heterocycles. The molecule has 1 atom stereocenters. The molecule has 0 aliphatic heterocycles. The van der Waals surface area contributed by atoms with Crippen LogP contribution in [0.3, 0.4) is 0 Å². The van der Waals surface area contributed by atoms with Gasteiger partial charge in [0.05, 0.1) is 17.3 Å². The minimum atomic E-state index is -5.20. The second kappa shape index (κ2) is 9.89. The van der Waals surface area contributed by atoms with E-state index in [1.54, 1.807) is 12.3 Å². The Balaban J connectivity index is 1.83. The highest BCUT2D eigenvalue weighted by molar-refractivity contribution is 7.13. The van der Waals surface area contributed by atoms with Gasteiger partial charge in [-0.05, 0) is 37.6 Å². The number of hydrazine groups is 1. The first-order valence-corrected chi connectivity index (χ1v) is 10.6. The van der Waals surface area contributed by atoms with Crippen LogP contribution in [-0.4, -0.2) is 28.1 Å². The lowest BCUT2D eigenvalue weighted by Crippen LogP contribution is -2.51. The summed E-state index contributed by atoms with van der Waals surface area (Å²) in [6.45, 7) is 3.06. The maximum Gasteiger partial charge on any atom is 0.472 e. The molecule has 14 heteroatoms. The van der Waals surface area contributed by atoms with E-state index in [9.17, 15) is 31.5 Å². The largest absolute Gasteiger partial charge is 0.472 e. The van der Waals surface area contributed by atoms with Crippen LogP contribution in [-0.2, 0) is 4.79 Å². The van der Waals surface area contributed by atoms with Crippen molar-refractivity contribution in [2.45, 2.75) is 26.1 Å². The van der Waals surface area contributed by atoms with E-state index in [4.69, 9.17) is 11.6 Å². The number of benzene rings is 1. The Kier molecular flexibility index (Phi) is 7.36. The Morgan fingerprint density at radius 3 is 2.41 bits per heavy atom. The van der Waals surface area contributed by atoms with E-state index in [0.717, 1.165) is 12.1 Å². The van der Waals surface area contributed by atoms with Crippen LogP contribution in [0.2, 0.25) is 5.02 Å². The highest BCUT2D eigenvalue weighted by Crippen LogP contribution is 2.38. The Bertz CT molecular complexity index is 1250. The summed E-state index contributed by atoms with van der Waals surface area (Å²) in [6.07, 6.45) is -3.96. The fraction of sp³-hybridized carbons (Fsp3) is 0.200. The summed E-state index contributed by atoms with van der Waals surface area (Å²) in [5, 5.41) is 4.29. The molecular formula is C20H15ClF5N5O2S. The topological polar surface area (TPSA) is 96.0 Å². The summed E-state index contributed by atoms with van der Waals surface area (Å²) in [5.74, 6) is -3.93. The van der Waals surface area contributed by atoms with Crippen molar-refractivity contribution in [3.8, 4) is 21.7 Å². The normalized spacial score (nSPS) is 12.2. The number of alkyl halides is 3. The molecule has 2 aromatic heterocycles. The minimum Gasteiger partial charge on any atom is -0.329 e. The third-order valence-corrected chi connectivity index (χ3v) is 5.57. The average molecular weight is 520 g/mol. The van der Waals surface area contributed by atoms with Crippen molar-refractivity contribution in [1.82, 2.24) is 26.1 Å². The highest BCUT2D eigenvalue weighted by Gasteiger charge is 2.39. The number of nitrogens with one attached hydrogen (secondary N) is 3. The molecule has 1 unspecified atom stereocenters. The molecule has 0 saturated carbocycles. The predicted octanol–water partition coefficient (Wildman–Crippen LogP) is 5.07. The summed E-state index contributed by atoms with van der Waals surface area (Å²) in [4.78, 5) is 30.7. The zero-order valence-corrected chi connectivity index (χ0v) is 18.9. The SMILES string of the molecule is Cc1csc(-c2c(F)cc(Cl)cc2-c2cnc(C(C)NC(=O)NNC(=O)C(F)(F)F)c(F)c2)n1. The first-order valence-electron chi connectivity index (χ1n) is 9.38. The van der Waals surface area contributed by atoms with E-state index in [2.05, 4.69) is 15.3 Å². The van der Waals surface area contributed by atoms with Crippen LogP contribution in [0.15, 0.2) is 29.8 Å². The van der Waals surface area contributed by atoms with Crippen LogP contribution < -0.4 is 16.2 Å². The molecule has 0 aliphatic rings. The van der Waals surface area contributed by atoms with Crippen LogP contribution in [0.4, 0.5) is 26.7 Å². The minimum absolute atomic E-state index is 0.0709. The first kappa shape index (κ1) is 25.3. The van der Waals surface area contributed by atoms with Crippen molar-refractivity contribution in [3.05, 3.63) is 57.8 Å².